The normalized spacial score (nSPS) is 22.0. The maximum absolute atomic E-state index is 13.0. The van der Waals surface area contributed by atoms with Crippen LogP contribution in [0.4, 0.5) is 5.69 Å². The third-order valence-electron chi connectivity index (χ3n) is 7.12. The summed E-state index contributed by atoms with van der Waals surface area (Å²) in [4.78, 5) is 17.9. The fraction of sp³-hybridized carbons (Fsp3) is 0.696. The number of carbonyl (C=O) groups is 1. The van der Waals surface area contributed by atoms with Gasteiger partial charge in [0.25, 0.3) is 0 Å². The standard InChI is InChI=1S/C23H35N3O4S/c1-31(28,29)21-9-5-8-20-19(21)7-6-12-25(20)17-22(27)24-18-23(10-3-2-4-11-23)26-13-15-30-16-14-26/h5,8-9H,2-4,6-7,10-18H2,1H3,(H,24,27). The Balaban J connectivity index is 1.43. The number of fused-ring (bicyclic) bond motifs is 1. The van der Waals surface area contributed by atoms with E-state index in [4.69, 9.17) is 4.74 Å². The molecule has 1 N–H and O–H groups in total. The number of ether oxygens (including phenoxy) is 1. The molecule has 172 valence electrons. The average molecular weight is 450 g/mol. The van der Waals surface area contributed by atoms with E-state index in [0.717, 1.165) is 69.8 Å². The molecule has 1 aromatic rings. The van der Waals surface area contributed by atoms with Gasteiger partial charge in [0.2, 0.25) is 5.91 Å². The molecule has 7 nitrogen and oxygen atoms in total. The zero-order valence-corrected chi connectivity index (χ0v) is 19.4. The van der Waals surface area contributed by atoms with Crippen molar-refractivity contribution in [3.63, 3.8) is 0 Å². The van der Waals surface area contributed by atoms with Crippen molar-refractivity contribution in [1.29, 1.82) is 0 Å². The van der Waals surface area contributed by atoms with Gasteiger partial charge in [0, 0.05) is 43.7 Å². The Morgan fingerprint density at radius 2 is 1.84 bits per heavy atom. The van der Waals surface area contributed by atoms with Gasteiger partial charge in [0.15, 0.2) is 9.84 Å². The van der Waals surface area contributed by atoms with Crippen LogP contribution in [0.3, 0.4) is 0 Å². The third-order valence-corrected chi connectivity index (χ3v) is 8.30. The smallest absolute Gasteiger partial charge is 0.239 e. The van der Waals surface area contributed by atoms with Crippen LogP contribution < -0.4 is 10.2 Å². The molecule has 4 rings (SSSR count). The van der Waals surface area contributed by atoms with Gasteiger partial charge in [-0.3, -0.25) is 9.69 Å². The number of sulfone groups is 1. The van der Waals surface area contributed by atoms with Crippen molar-refractivity contribution in [2.24, 2.45) is 0 Å². The van der Waals surface area contributed by atoms with Crippen LogP contribution in [0.2, 0.25) is 0 Å². The van der Waals surface area contributed by atoms with Gasteiger partial charge >= 0.3 is 0 Å². The van der Waals surface area contributed by atoms with Crippen molar-refractivity contribution in [2.45, 2.75) is 55.4 Å². The molecule has 2 heterocycles. The number of amides is 1. The number of nitrogens with zero attached hydrogens (tertiary/aromatic N) is 2. The second kappa shape index (κ2) is 9.46. The number of hydrogen-bond acceptors (Lipinski definition) is 6. The number of anilines is 1. The minimum atomic E-state index is -3.28. The molecule has 1 saturated heterocycles. The fourth-order valence-electron chi connectivity index (χ4n) is 5.53. The molecular formula is C23H35N3O4S. The minimum absolute atomic E-state index is 0.0100. The van der Waals surface area contributed by atoms with Gasteiger partial charge in [-0.15, -0.1) is 0 Å². The highest BCUT2D eigenvalue weighted by Crippen LogP contribution is 2.34. The zero-order valence-electron chi connectivity index (χ0n) is 18.6. The van der Waals surface area contributed by atoms with E-state index in [1.54, 1.807) is 12.1 Å². The maximum atomic E-state index is 13.0. The molecule has 31 heavy (non-hydrogen) atoms. The second-order valence-electron chi connectivity index (χ2n) is 9.21. The summed E-state index contributed by atoms with van der Waals surface area (Å²) in [7, 11) is -3.28. The quantitative estimate of drug-likeness (QED) is 0.716. The number of nitrogens with one attached hydrogen (secondary N) is 1. The van der Waals surface area contributed by atoms with Crippen molar-refractivity contribution < 1.29 is 17.9 Å². The van der Waals surface area contributed by atoms with E-state index in [1.165, 1.54) is 25.5 Å². The highest BCUT2D eigenvalue weighted by molar-refractivity contribution is 7.90. The van der Waals surface area contributed by atoms with Crippen molar-refractivity contribution in [3.8, 4) is 0 Å². The Kier molecular flexibility index (Phi) is 6.89. The van der Waals surface area contributed by atoms with Crippen LogP contribution in [0.15, 0.2) is 23.1 Å². The molecule has 0 unspecified atom stereocenters. The van der Waals surface area contributed by atoms with Crippen molar-refractivity contribution >= 4 is 21.4 Å². The lowest BCUT2D eigenvalue weighted by Gasteiger charge is -2.48. The van der Waals surface area contributed by atoms with Crippen LogP contribution in [0.1, 0.15) is 44.1 Å². The number of benzene rings is 1. The minimum Gasteiger partial charge on any atom is -0.379 e. The number of carbonyl (C=O) groups excluding carboxylic acids is 1. The average Bonchev–Trinajstić information content (AvgIpc) is 2.78. The topological polar surface area (TPSA) is 79.0 Å². The van der Waals surface area contributed by atoms with Gasteiger partial charge in [-0.05, 0) is 43.4 Å². The maximum Gasteiger partial charge on any atom is 0.239 e. The molecule has 3 aliphatic rings. The summed E-state index contributed by atoms with van der Waals surface area (Å²) in [6, 6.07) is 5.39. The monoisotopic (exact) mass is 449 g/mol. The molecule has 8 heteroatoms. The lowest BCUT2D eigenvalue weighted by molar-refractivity contribution is -0.121. The number of rotatable bonds is 6. The summed E-state index contributed by atoms with van der Waals surface area (Å²) in [5, 5.41) is 3.23. The SMILES string of the molecule is CS(=O)(=O)c1cccc2c1CCCN2CC(=O)NCC1(N2CCOCC2)CCCCC1. The molecule has 2 aliphatic heterocycles. The first-order chi connectivity index (χ1) is 14.9. The zero-order chi connectivity index (χ0) is 21.9. The lowest BCUT2D eigenvalue weighted by atomic mass is 9.79. The lowest BCUT2D eigenvalue weighted by Crippen LogP contribution is -2.60. The van der Waals surface area contributed by atoms with Crippen molar-refractivity contribution in [3.05, 3.63) is 23.8 Å². The van der Waals surface area contributed by atoms with Gasteiger partial charge in [-0.2, -0.15) is 0 Å². The Bertz CT molecular complexity index is 890. The Morgan fingerprint density at radius 3 is 2.55 bits per heavy atom. The molecule has 1 aliphatic carbocycles. The van der Waals surface area contributed by atoms with E-state index in [0.29, 0.717) is 11.4 Å². The van der Waals surface area contributed by atoms with Gasteiger partial charge in [0.1, 0.15) is 0 Å². The predicted octanol–water partition coefficient (Wildman–Crippen LogP) is 1.99. The van der Waals surface area contributed by atoms with Crippen molar-refractivity contribution in [2.75, 3.05) is 57.1 Å². The van der Waals surface area contributed by atoms with E-state index < -0.39 is 9.84 Å². The van der Waals surface area contributed by atoms with E-state index in [1.807, 2.05) is 11.0 Å². The Labute approximate surface area is 186 Å². The van der Waals surface area contributed by atoms with Gasteiger partial charge in [-0.25, -0.2) is 8.42 Å². The fourth-order valence-corrected chi connectivity index (χ4v) is 6.51. The van der Waals surface area contributed by atoms with E-state index >= 15 is 0 Å². The molecule has 1 saturated carbocycles. The number of morpholine rings is 1. The predicted molar refractivity (Wildman–Crippen MR) is 121 cm³/mol. The molecule has 1 aromatic carbocycles. The Morgan fingerprint density at radius 1 is 1.10 bits per heavy atom. The first-order valence-electron chi connectivity index (χ1n) is 11.6. The molecule has 0 atom stereocenters. The number of hydrogen-bond donors (Lipinski definition) is 1. The molecular weight excluding hydrogens is 414 g/mol. The highest BCUT2D eigenvalue weighted by Gasteiger charge is 2.39. The highest BCUT2D eigenvalue weighted by atomic mass is 32.2. The van der Waals surface area contributed by atoms with E-state index in [2.05, 4.69) is 10.2 Å². The summed E-state index contributed by atoms with van der Waals surface area (Å²) in [6.07, 6.45) is 8.77. The van der Waals surface area contributed by atoms with Crippen LogP contribution in [0, 0.1) is 0 Å². The molecule has 2 fully saturated rings. The first-order valence-corrected chi connectivity index (χ1v) is 13.4. The van der Waals surface area contributed by atoms with Gasteiger partial charge in [-0.1, -0.05) is 25.3 Å². The third kappa shape index (κ3) is 5.07. The molecule has 0 spiro atoms. The van der Waals surface area contributed by atoms with Crippen LogP contribution in [-0.2, 0) is 25.8 Å². The van der Waals surface area contributed by atoms with Gasteiger partial charge in [0.05, 0.1) is 24.7 Å². The molecule has 0 radical (unpaired) electrons. The molecule has 0 bridgehead atoms. The van der Waals surface area contributed by atoms with Crippen LogP contribution in [0.5, 0.6) is 0 Å². The van der Waals surface area contributed by atoms with E-state index in [-0.39, 0.29) is 18.0 Å². The summed E-state index contributed by atoms with van der Waals surface area (Å²) in [5.41, 5.74) is 1.77. The van der Waals surface area contributed by atoms with E-state index in [9.17, 15) is 13.2 Å². The van der Waals surface area contributed by atoms with Crippen LogP contribution in [-0.4, -0.2) is 77.0 Å². The van der Waals surface area contributed by atoms with Crippen LogP contribution in [0.25, 0.3) is 0 Å². The van der Waals surface area contributed by atoms with Gasteiger partial charge < -0.3 is 15.0 Å². The first kappa shape index (κ1) is 22.6. The van der Waals surface area contributed by atoms with Crippen LogP contribution >= 0.6 is 0 Å². The summed E-state index contributed by atoms with van der Waals surface area (Å²) in [6.45, 7) is 5.11. The molecule has 0 aromatic heterocycles. The summed E-state index contributed by atoms with van der Waals surface area (Å²) >= 11 is 0. The summed E-state index contributed by atoms with van der Waals surface area (Å²) in [5.74, 6) is 0.0100. The second-order valence-corrected chi connectivity index (χ2v) is 11.2. The Hall–Kier alpha value is -1.64. The summed E-state index contributed by atoms with van der Waals surface area (Å²) < 4.78 is 29.9. The van der Waals surface area contributed by atoms with Crippen molar-refractivity contribution in [1.82, 2.24) is 10.2 Å². The molecule has 1 amide bonds. The largest absolute Gasteiger partial charge is 0.379 e.